The van der Waals surface area contributed by atoms with Crippen LogP contribution in [0.1, 0.15) is 25.3 Å². The monoisotopic (exact) mass is 312 g/mol. The highest BCUT2D eigenvalue weighted by Gasteiger charge is 2.27. The molecule has 21 heavy (non-hydrogen) atoms. The summed E-state index contributed by atoms with van der Waals surface area (Å²) in [7, 11) is 0. The van der Waals surface area contributed by atoms with E-state index in [9.17, 15) is 4.79 Å². The molecule has 0 aromatic heterocycles. The highest BCUT2D eigenvalue weighted by Crippen LogP contribution is 2.13. The lowest BCUT2D eigenvalue weighted by Gasteiger charge is -2.34. The van der Waals surface area contributed by atoms with Crippen LogP contribution in [0, 0.1) is 0 Å². The molecule has 0 bridgehead atoms. The minimum atomic E-state index is -0.365. The summed E-state index contributed by atoms with van der Waals surface area (Å²) in [4.78, 5) is 14.1. The fourth-order valence-electron chi connectivity index (χ4n) is 2.59. The van der Waals surface area contributed by atoms with Gasteiger partial charge in [0.1, 0.15) is 0 Å². The molecule has 5 heteroatoms. The van der Waals surface area contributed by atoms with Crippen LogP contribution in [-0.2, 0) is 16.0 Å². The zero-order chi connectivity index (χ0) is 14.4. The number of rotatable bonds is 5. The van der Waals surface area contributed by atoms with Crippen LogP contribution in [0.3, 0.4) is 0 Å². The number of carbonyl (C=O) groups excluding carboxylic acids is 1. The Bertz CT molecular complexity index is 428. The van der Waals surface area contributed by atoms with Crippen LogP contribution in [0.5, 0.6) is 0 Å². The molecule has 2 N–H and O–H groups in total. The molecule has 2 rings (SSSR count). The van der Waals surface area contributed by atoms with Crippen molar-refractivity contribution in [2.45, 2.75) is 38.3 Å². The molecule has 0 saturated carbocycles. The highest BCUT2D eigenvalue weighted by molar-refractivity contribution is 5.85. The summed E-state index contributed by atoms with van der Waals surface area (Å²) in [5.41, 5.74) is 7.16. The number of nitrogens with zero attached hydrogens (tertiary/aromatic N) is 1. The topological polar surface area (TPSA) is 55.6 Å². The smallest absolute Gasteiger partial charge is 0.239 e. The first kappa shape index (κ1) is 18.0. The molecule has 1 saturated heterocycles. The molecule has 1 amide bonds. The second kappa shape index (κ2) is 9.03. The summed E-state index contributed by atoms with van der Waals surface area (Å²) < 4.78 is 5.77. The van der Waals surface area contributed by atoms with Crippen molar-refractivity contribution in [3.8, 4) is 0 Å². The predicted molar refractivity (Wildman–Crippen MR) is 86.6 cm³/mol. The standard InChI is InChI=1S/C16H24N2O2.ClH/c1-2-6-15(17)16(19)18-9-10-20-14(12-18)11-13-7-4-3-5-8-13;/h3-5,7-8,14-15H,2,6,9-12,17H2,1H3;1H. The lowest BCUT2D eigenvalue weighted by molar-refractivity contribution is -0.140. The Kier molecular flexibility index (Phi) is 7.72. The first-order valence-electron chi connectivity index (χ1n) is 7.40. The lowest BCUT2D eigenvalue weighted by Crippen LogP contribution is -2.51. The molecule has 1 aliphatic rings. The summed E-state index contributed by atoms with van der Waals surface area (Å²) >= 11 is 0. The van der Waals surface area contributed by atoms with Crippen LogP contribution >= 0.6 is 12.4 Å². The predicted octanol–water partition coefficient (Wildman–Crippen LogP) is 2.01. The largest absolute Gasteiger partial charge is 0.374 e. The molecule has 2 atom stereocenters. The molecule has 0 spiro atoms. The molecular weight excluding hydrogens is 288 g/mol. The van der Waals surface area contributed by atoms with Crippen molar-refractivity contribution < 1.29 is 9.53 Å². The maximum atomic E-state index is 12.2. The van der Waals surface area contributed by atoms with Crippen molar-refractivity contribution >= 4 is 18.3 Å². The average Bonchev–Trinajstić information content (AvgIpc) is 2.48. The van der Waals surface area contributed by atoms with Crippen LogP contribution < -0.4 is 5.73 Å². The van der Waals surface area contributed by atoms with Crippen LogP contribution in [0.4, 0.5) is 0 Å². The average molecular weight is 313 g/mol. The SMILES string of the molecule is CCCC(N)C(=O)N1CCOC(Cc2ccccc2)C1.Cl. The third-order valence-electron chi connectivity index (χ3n) is 3.67. The second-order valence-electron chi connectivity index (χ2n) is 5.36. The van der Waals surface area contributed by atoms with Crippen molar-refractivity contribution in [1.82, 2.24) is 4.90 Å². The van der Waals surface area contributed by atoms with E-state index in [2.05, 4.69) is 12.1 Å². The van der Waals surface area contributed by atoms with Gasteiger partial charge in [-0.15, -0.1) is 12.4 Å². The third-order valence-corrected chi connectivity index (χ3v) is 3.67. The molecule has 0 aliphatic carbocycles. The summed E-state index contributed by atoms with van der Waals surface area (Å²) in [5, 5.41) is 0. The first-order valence-corrected chi connectivity index (χ1v) is 7.40. The van der Waals surface area contributed by atoms with E-state index in [1.165, 1.54) is 5.56 Å². The van der Waals surface area contributed by atoms with Gasteiger partial charge in [-0.3, -0.25) is 4.79 Å². The van der Waals surface area contributed by atoms with Crippen molar-refractivity contribution in [2.75, 3.05) is 19.7 Å². The van der Waals surface area contributed by atoms with Gasteiger partial charge in [0.2, 0.25) is 5.91 Å². The Balaban J connectivity index is 0.00000220. The van der Waals surface area contributed by atoms with E-state index in [0.29, 0.717) is 19.7 Å². The maximum absolute atomic E-state index is 12.2. The fraction of sp³-hybridized carbons (Fsp3) is 0.562. The number of benzene rings is 1. The van der Waals surface area contributed by atoms with Gasteiger partial charge in [-0.2, -0.15) is 0 Å². The van der Waals surface area contributed by atoms with Gasteiger partial charge in [-0.25, -0.2) is 0 Å². The van der Waals surface area contributed by atoms with Crippen LogP contribution in [-0.4, -0.2) is 42.6 Å². The summed E-state index contributed by atoms with van der Waals surface area (Å²) in [6.07, 6.45) is 2.60. The molecule has 1 aliphatic heterocycles. The van der Waals surface area contributed by atoms with Crippen molar-refractivity contribution in [1.29, 1.82) is 0 Å². The number of amides is 1. The van der Waals surface area contributed by atoms with Crippen molar-refractivity contribution in [3.63, 3.8) is 0 Å². The molecule has 118 valence electrons. The molecule has 1 aromatic rings. The van der Waals surface area contributed by atoms with Gasteiger partial charge in [0.15, 0.2) is 0 Å². The van der Waals surface area contributed by atoms with Crippen LogP contribution in [0.15, 0.2) is 30.3 Å². The summed E-state index contributed by atoms with van der Waals surface area (Å²) in [5.74, 6) is 0.0632. The Morgan fingerprint density at radius 2 is 2.14 bits per heavy atom. The summed E-state index contributed by atoms with van der Waals surface area (Å²) in [6, 6.07) is 9.87. The van der Waals surface area contributed by atoms with Crippen LogP contribution in [0.25, 0.3) is 0 Å². The zero-order valence-corrected chi connectivity index (χ0v) is 13.3. The molecule has 1 aromatic carbocycles. The highest BCUT2D eigenvalue weighted by atomic mass is 35.5. The Morgan fingerprint density at radius 3 is 2.81 bits per heavy atom. The Morgan fingerprint density at radius 1 is 1.43 bits per heavy atom. The van der Waals surface area contributed by atoms with E-state index in [1.807, 2.05) is 30.0 Å². The summed E-state index contributed by atoms with van der Waals surface area (Å²) in [6.45, 7) is 3.94. The molecular formula is C16H25ClN2O2. The van der Waals surface area contributed by atoms with E-state index in [1.54, 1.807) is 0 Å². The lowest BCUT2D eigenvalue weighted by atomic mass is 10.1. The van der Waals surface area contributed by atoms with E-state index < -0.39 is 0 Å². The number of carbonyl (C=O) groups is 1. The van der Waals surface area contributed by atoms with Gasteiger partial charge in [-0.1, -0.05) is 43.7 Å². The van der Waals surface area contributed by atoms with Crippen LogP contribution in [0.2, 0.25) is 0 Å². The van der Waals surface area contributed by atoms with E-state index in [4.69, 9.17) is 10.5 Å². The second-order valence-corrected chi connectivity index (χ2v) is 5.36. The van der Waals surface area contributed by atoms with Gasteiger partial charge in [0.25, 0.3) is 0 Å². The van der Waals surface area contributed by atoms with Gasteiger partial charge in [-0.05, 0) is 12.0 Å². The van der Waals surface area contributed by atoms with Gasteiger partial charge in [0, 0.05) is 19.5 Å². The Hall–Kier alpha value is -1.10. The van der Waals surface area contributed by atoms with Crippen molar-refractivity contribution in [2.24, 2.45) is 5.73 Å². The first-order chi connectivity index (χ1) is 9.70. The molecule has 0 radical (unpaired) electrons. The number of nitrogens with two attached hydrogens (primary N) is 1. The Labute approximate surface area is 133 Å². The fourth-order valence-corrected chi connectivity index (χ4v) is 2.59. The zero-order valence-electron chi connectivity index (χ0n) is 12.5. The third kappa shape index (κ3) is 5.30. The van der Waals surface area contributed by atoms with Gasteiger partial charge >= 0.3 is 0 Å². The minimum absolute atomic E-state index is 0. The number of hydrogen-bond acceptors (Lipinski definition) is 3. The molecule has 2 unspecified atom stereocenters. The maximum Gasteiger partial charge on any atom is 0.239 e. The number of ether oxygens (including phenoxy) is 1. The van der Waals surface area contributed by atoms with E-state index in [-0.39, 0.29) is 30.5 Å². The minimum Gasteiger partial charge on any atom is -0.374 e. The van der Waals surface area contributed by atoms with Gasteiger partial charge in [0.05, 0.1) is 18.8 Å². The normalized spacial score (nSPS) is 19.7. The van der Waals surface area contributed by atoms with Gasteiger partial charge < -0.3 is 15.4 Å². The quantitative estimate of drug-likeness (QED) is 0.905. The van der Waals surface area contributed by atoms with Crippen molar-refractivity contribution in [3.05, 3.63) is 35.9 Å². The van der Waals surface area contributed by atoms with E-state index in [0.717, 1.165) is 19.3 Å². The molecule has 1 fully saturated rings. The number of hydrogen-bond donors (Lipinski definition) is 1. The molecule has 1 heterocycles. The number of halogens is 1. The van der Waals surface area contributed by atoms with E-state index >= 15 is 0 Å². The number of morpholine rings is 1. The molecule has 4 nitrogen and oxygen atoms in total.